The number of aromatic nitrogens is 1. The molecule has 0 bridgehead atoms. The molecule has 0 unspecified atom stereocenters. The van der Waals surface area contributed by atoms with Gasteiger partial charge in [0.2, 0.25) is 5.91 Å². The number of amides is 1. The fourth-order valence-electron chi connectivity index (χ4n) is 4.42. The molecule has 1 N–H and O–H groups in total. The molecule has 0 aliphatic carbocycles. The summed E-state index contributed by atoms with van der Waals surface area (Å²) in [6.45, 7) is 2.10. The molecule has 0 spiro atoms. The van der Waals surface area contributed by atoms with Crippen molar-refractivity contribution in [2.45, 2.75) is 24.7 Å². The number of amidine groups is 1. The molecule has 7 heteroatoms. The number of likely N-dealkylation sites (N-methyl/N-ethyl adjacent to an activating group) is 1. The Morgan fingerprint density at radius 2 is 2.06 bits per heavy atom. The first-order chi connectivity index (χ1) is 14.9. The lowest BCUT2D eigenvalue weighted by Crippen LogP contribution is -2.51. The van der Waals surface area contributed by atoms with Crippen molar-refractivity contribution in [3.8, 4) is 11.1 Å². The van der Waals surface area contributed by atoms with E-state index in [4.69, 9.17) is 9.83 Å². The van der Waals surface area contributed by atoms with Crippen molar-refractivity contribution < 1.29 is 9.21 Å². The summed E-state index contributed by atoms with van der Waals surface area (Å²) in [7, 11) is 1.69. The standard InChI is InChI=1S/C24H20BrN3O2S/c1-24(20-9-17(13-31-20)16-7-18(25)12-27-11-16)10-21(26)28(2)23(29)22(24)15-4-3-14-5-6-30-19(14)8-15/h3-9,11-13,22,26H,10H2,1-2H3/t22-,24+/m0/s1. The fraction of sp³-hybridized carbons (Fsp3) is 0.208. The van der Waals surface area contributed by atoms with Crippen molar-refractivity contribution in [2.75, 3.05) is 7.05 Å². The third kappa shape index (κ3) is 3.32. The number of nitrogens with zero attached hydrogens (tertiary/aromatic N) is 2. The second-order valence-corrected chi connectivity index (χ2v) is 10.0. The minimum Gasteiger partial charge on any atom is -0.464 e. The molecular weight excluding hydrogens is 474 g/mol. The van der Waals surface area contributed by atoms with Crippen molar-refractivity contribution >= 4 is 50.0 Å². The van der Waals surface area contributed by atoms with Crippen molar-refractivity contribution in [1.29, 1.82) is 5.41 Å². The number of carbonyl (C=O) groups is 1. The lowest BCUT2D eigenvalue weighted by atomic mass is 9.67. The molecule has 1 aromatic carbocycles. The minimum absolute atomic E-state index is 0.0660. The van der Waals surface area contributed by atoms with E-state index in [1.54, 1.807) is 30.8 Å². The van der Waals surface area contributed by atoms with Crippen molar-refractivity contribution in [2.24, 2.45) is 0 Å². The molecular formula is C24H20BrN3O2S. The Morgan fingerprint density at radius 1 is 1.23 bits per heavy atom. The number of furan rings is 1. The van der Waals surface area contributed by atoms with E-state index < -0.39 is 11.3 Å². The average molecular weight is 494 g/mol. The second kappa shape index (κ2) is 7.43. The number of halogens is 1. The number of piperidine rings is 1. The van der Waals surface area contributed by atoms with Crippen LogP contribution in [0.5, 0.6) is 0 Å². The Bertz CT molecular complexity index is 1330. The van der Waals surface area contributed by atoms with E-state index in [0.29, 0.717) is 12.3 Å². The monoisotopic (exact) mass is 493 g/mol. The van der Waals surface area contributed by atoms with E-state index in [2.05, 4.69) is 39.3 Å². The molecule has 5 rings (SSSR count). The summed E-state index contributed by atoms with van der Waals surface area (Å²) in [6, 6.07) is 12.1. The summed E-state index contributed by atoms with van der Waals surface area (Å²) < 4.78 is 6.52. The van der Waals surface area contributed by atoms with E-state index in [1.807, 2.05) is 36.5 Å². The van der Waals surface area contributed by atoms with E-state index in [0.717, 1.165) is 37.0 Å². The van der Waals surface area contributed by atoms with E-state index in [-0.39, 0.29) is 5.91 Å². The number of benzene rings is 1. The summed E-state index contributed by atoms with van der Waals surface area (Å²) in [5.74, 6) is -0.140. The topological polar surface area (TPSA) is 70.2 Å². The number of hydrogen-bond acceptors (Lipinski definition) is 5. The van der Waals surface area contributed by atoms with Crippen molar-refractivity contribution in [3.63, 3.8) is 0 Å². The third-order valence-corrected chi connectivity index (χ3v) is 7.81. The second-order valence-electron chi connectivity index (χ2n) is 8.18. The number of nitrogens with one attached hydrogen (secondary N) is 1. The molecule has 1 aliphatic heterocycles. The zero-order valence-corrected chi connectivity index (χ0v) is 19.5. The van der Waals surface area contributed by atoms with Crippen LogP contribution >= 0.6 is 27.3 Å². The summed E-state index contributed by atoms with van der Waals surface area (Å²) in [5.41, 5.74) is 3.22. The lowest BCUT2D eigenvalue weighted by Gasteiger charge is -2.44. The Kier molecular flexibility index (Phi) is 4.83. The number of hydrogen-bond donors (Lipinski definition) is 1. The van der Waals surface area contributed by atoms with Crippen molar-refractivity contribution in [3.05, 3.63) is 75.3 Å². The van der Waals surface area contributed by atoms with Gasteiger partial charge in [-0.3, -0.25) is 15.2 Å². The van der Waals surface area contributed by atoms with E-state index in [9.17, 15) is 4.79 Å². The Balaban J connectivity index is 1.63. The highest BCUT2D eigenvalue weighted by Crippen LogP contribution is 2.49. The Morgan fingerprint density at radius 3 is 2.87 bits per heavy atom. The highest BCUT2D eigenvalue weighted by Gasteiger charge is 2.49. The molecule has 156 valence electrons. The summed E-state index contributed by atoms with van der Waals surface area (Å²) >= 11 is 5.12. The van der Waals surface area contributed by atoms with Crippen LogP contribution in [0.25, 0.3) is 22.1 Å². The number of pyridine rings is 1. The van der Waals surface area contributed by atoms with Gasteiger partial charge in [0.15, 0.2) is 0 Å². The van der Waals surface area contributed by atoms with Crippen LogP contribution in [0.4, 0.5) is 0 Å². The van der Waals surface area contributed by atoms with Gasteiger partial charge in [-0.05, 0) is 56.7 Å². The summed E-state index contributed by atoms with van der Waals surface area (Å²) in [6.07, 6.45) is 5.74. The van der Waals surface area contributed by atoms with Crippen LogP contribution < -0.4 is 0 Å². The van der Waals surface area contributed by atoms with Gasteiger partial charge in [0.05, 0.1) is 12.2 Å². The van der Waals surface area contributed by atoms with Gasteiger partial charge in [0.25, 0.3) is 0 Å². The van der Waals surface area contributed by atoms with E-state index >= 15 is 0 Å². The molecule has 31 heavy (non-hydrogen) atoms. The van der Waals surface area contributed by atoms with Gasteiger partial charge >= 0.3 is 0 Å². The quantitative estimate of drug-likeness (QED) is 0.369. The Labute approximate surface area is 192 Å². The van der Waals surface area contributed by atoms with Gasteiger partial charge < -0.3 is 9.32 Å². The van der Waals surface area contributed by atoms with Crippen LogP contribution in [-0.2, 0) is 10.2 Å². The first-order valence-electron chi connectivity index (χ1n) is 9.89. The Hall–Kier alpha value is -2.77. The molecule has 4 heterocycles. The van der Waals surface area contributed by atoms with Gasteiger partial charge in [-0.2, -0.15) is 0 Å². The normalized spacial score (nSPS) is 21.8. The van der Waals surface area contributed by atoms with Gasteiger partial charge in [-0.25, -0.2) is 0 Å². The summed E-state index contributed by atoms with van der Waals surface area (Å²) in [4.78, 5) is 20.3. The van der Waals surface area contributed by atoms with Crippen LogP contribution in [0, 0.1) is 5.41 Å². The lowest BCUT2D eigenvalue weighted by molar-refractivity contribution is -0.131. The average Bonchev–Trinajstić information content (AvgIpc) is 3.42. The van der Waals surface area contributed by atoms with Crippen LogP contribution in [0.15, 0.2) is 69.3 Å². The number of likely N-dealkylation sites (tertiary alicyclic amines) is 1. The molecule has 1 fully saturated rings. The molecule has 3 aromatic heterocycles. The third-order valence-electron chi connectivity index (χ3n) is 6.17. The fourth-order valence-corrected chi connectivity index (χ4v) is 5.89. The van der Waals surface area contributed by atoms with Gasteiger partial charge in [-0.1, -0.05) is 19.1 Å². The molecule has 2 atom stereocenters. The molecule has 1 amide bonds. The SMILES string of the molecule is CN1C(=N)C[C@](C)(c2cc(-c3cncc(Br)c3)cs2)[C@@H](c2ccc3ccoc3c2)C1=O. The maximum atomic E-state index is 13.5. The predicted molar refractivity (Wildman–Crippen MR) is 127 cm³/mol. The predicted octanol–water partition coefficient (Wildman–Crippen LogP) is 6.20. The highest BCUT2D eigenvalue weighted by molar-refractivity contribution is 9.10. The zero-order chi connectivity index (χ0) is 21.8. The van der Waals surface area contributed by atoms with E-state index in [1.165, 1.54) is 4.90 Å². The molecule has 0 radical (unpaired) electrons. The highest BCUT2D eigenvalue weighted by atomic mass is 79.9. The number of fused-ring (bicyclic) bond motifs is 1. The number of thiophene rings is 1. The molecule has 1 saturated heterocycles. The number of carbonyl (C=O) groups excluding carboxylic acids is 1. The van der Waals surface area contributed by atoms with Gasteiger partial charge in [0, 0.05) is 51.6 Å². The van der Waals surface area contributed by atoms with Crippen LogP contribution in [0.3, 0.4) is 0 Å². The zero-order valence-electron chi connectivity index (χ0n) is 17.1. The molecule has 0 saturated carbocycles. The van der Waals surface area contributed by atoms with Gasteiger partial charge in [0.1, 0.15) is 11.4 Å². The first-order valence-corrected chi connectivity index (χ1v) is 11.6. The molecule has 1 aliphatic rings. The minimum atomic E-state index is -0.538. The summed E-state index contributed by atoms with van der Waals surface area (Å²) in [5, 5.41) is 11.6. The van der Waals surface area contributed by atoms with Crippen LogP contribution in [0.2, 0.25) is 0 Å². The molecule has 4 aromatic rings. The largest absolute Gasteiger partial charge is 0.464 e. The first kappa shape index (κ1) is 20.2. The van der Waals surface area contributed by atoms with Crippen LogP contribution in [0.1, 0.15) is 29.7 Å². The molecule has 5 nitrogen and oxygen atoms in total. The van der Waals surface area contributed by atoms with Crippen molar-refractivity contribution in [1.82, 2.24) is 9.88 Å². The van der Waals surface area contributed by atoms with Gasteiger partial charge in [-0.15, -0.1) is 11.3 Å². The smallest absolute Gasteiger partial charge is 0.236 e. The maximum absolute atomic E-state index is 13.5. The number of rotatable bonds is 3. The van der Waals surface area contributed by atoms with Crippen LogP contribution in [-0.4, -0.2) is 28.7 Å². The maximum Gasteiger partial charge on any atom is 0.236 e.